The van der Waals surface area contributed by atoms with E-state index in [1.165, 1.54) is 0 Å². The van der Waals surface area contributed by atoms with Crippen LogP contribution in [0.1, 0.15) is 43.5 Å². The average Bonchev–Trinajstić information content (AvgIpc) is 3.13. The van der Waals surface area contributed by atoms with Crippen LogP contribution in [-0.2, 0) is 19.0 Å². The molecule has 0 aliphatic carbocycles. The first kappa shape index (κ1) is 22.0. The minimum Gasteiger partial charge on any atom is -0.478 e. The number of aromatic amines is 1. The number of aliphatic hydroxyl groups excluding tert-OH is 1. The molecule has 162 valence electrons. The molecule has 8 heteroatoms. The van der Waals surface area contributed by atoms with Crippen LogP contribution < -0.4 is 0 Å². The molecule has 5 unspecified atom stereocenters. The number of allylic oxidation sites excluding steroid dienone is 1. The highest BCUT2D eigenvalue weighted by Gasteiger charge is 2.38. The predicted molar refractivity (Wildman–Crippen MR) is 109 cm³/mol. The molecule has 0 spiro atoms. The van der Waals surface area contributed by atoms with E-state index in [0.29, 0.717) is 18.4 Å². The van der Waals surface area contributed by atoms with Gasteiger partial charge in [0, 0.05) is 29.6 Å². The second-order valence-corrected chi connectivity index (χ2v) is 7.47. The van der Waals surface area contributed by atoms with Gasteiger partial charge in [0.25, 0.3) is 0 Å². The van der Waals surface area contributed by atoms with Crippen LogP contribution in [0.25, 0.3) is 10.9 Å². The van der Waals surface area contributed by atoms with Crippen molar-refractivity contribution >= 4 is 22.8 Å². The van der Waals surface area contributed by atoms with Gasteiger partial charge in [0.1, 0.15) is 12.2 Å². The number of H-pyrrole nitrogens is 1. The fraction of sp³-hybridized carbons (Fsp3) is 0.455. The van der Waals surface area contributed by atoms with Crippen LogP contribution in [0.2, 0.25) is 0 Å². The monoisotopic (exact) mass is 417 g/mol. The minimum absolute atomic E-state index is 0.200. The van der Waals surface area contributed by atoms with Crippen molar-refractivity contribution in [2.75, 3.05) is 0 Å². The molecule has 0 amide bonds. The summed E-state index contributed by atoms with van der Waals surface area (Å²) in [6.45, 7) is 3.61. The van der Waals surface area contributed by atoms with Crippen molar-refractivity contribution in [1.82, 2.24) is 4.98 Å². The summed E-state index contributed by atoms with van der Waals surface area (Å²) in [7, 11) is 0. The smallest absolute Gasteiger partial charge is 0.340 e. The summed E-state index contributed by atoms with van der Waals surface area (Å²) in [6.07, 6.45) is 2.52. The van der Waals surface area contributed by atoms with Crippen molar-refractivity contribution in [2.24, 2.45) is 0 Å². The van der Waals surface area contributed by atoms with Gasteiger partial charge >= 0.3 is 11.9 Å². The van der Waals surface area contributed by atoms with Gasteiger partial charge in [0.15, 0.2) is 6.29 Å². The standard InChI is InChI=1S/C22H27NO7/c1-13(7-3-6-10-20(25)26)28-22-18(24)11-19(14(2)29-22)30-21(27)16-12-23-17-9-5-4-8-15(16)17/h4-6,8-10,12-14,18-19,22-24H,3,7,11H2,1-2H3,(H,25,26). The number of para-hydroxylation sites is 1. The zero-order chi connectivity index (χ0) is 21.7. The summed E-state index contributed by atoms with van der Waals surface area (Å²) in [5.74, 6) is -1.46. The molecule has 0 saturated carbocycles. The lowest BCUT2D eigenvalue weighted by Gasteiger charge is -2.38. The molecule has 2 heterocycles. The number of carbonyl (C=O) groups excluding carboxylic acids is 1. The van der Waals surface area contributed by atoms with E-state index >= 15 is 0 Å². The maximum absolute atomic E-state index is 12.6. The number of aromatic nitrogens is 1. The Balaban J connectivity index is 1.53. The van der Waals surface area contributed by atoms with E-state index in [0.717, 1.165) is 17.0 Å². The van der Waals surface area contributed by atoms with Crippen LogP contribution >= 0.6 is 0 Å². The third-order valence-electron chi connectivity index (χ3n) is 5.09. The number of esters is 1. The van der Waals surface area contributed by atoms with Gasteiger partial charge in [0.05, 0.1) is 17.8 Å². The number of carboxylic acid groups (broad SMARTS) is 1. The highest BCUT2D eigenvalue weighted by molar-refractivity contribution is 6.04. The topological polar surface area (TPSA) is 118 Å². The van der Waals surface area contributed by atoms with Gasteiger partial charge in [-0.3, -0.25) is 0 Å². The molecule has 3 rings (SSSR count). The fourth-order valence-corrected chi connectivity index (χ4v) is 3.45. The highest BCUT2D eigenvalue weighted by Crippen LogP contribution is 2.27. The molecule has 0 radical (unpaired) electrons. The first-order valence-corrected chi connectivity index (χ1v) is 10.0. The Bertz CT molecular complexity index is 906. The normalized spacial score (nSPS) is 25.4. The van der Waals surface area contributed by atoms with E-state index < -0.39 is 36.5 Å². The number of fused-ring (bicyclic) bond motifs is 1. The van der Waals surface area contributed by atoms with E-state index in [-0.39, 0.29) is 12.5 Å². The molecular weight excluding hydrogens is 390 g/mol. The summed E-state index contributed by atoms with van der Waals surface area (Å²) in [5.41, 5.74) is 1.28. The van der Waals surface area contributed by atoms with E-state index in [1.807, 2.05) is 31.2 Å². The lowest BCUT2D eigenvalue weighted by atomic mass is 10.0. The van der Waals surface area contributed by atoms with Gasteiger partial charge in [-0.25, -0.2) is 9.59 Å². The average molecular weight is 417 g/mol. The molecular formula is C22H27NO7. The Kier molecular flexibility index (Phi) is 7.25. The number of nitrogens with one attached hydrogen (secondary N) is 1. The van der Waals surface area contributed by atoms with Crippen molar-refractivity contribution < 1.29 is 34.0 Å². The maximum atomic E-state index is 12.6. The Morgan fingerprint density at radius 1 is 1.37 bits per heavy atom. The van der Waals surface area contributed by atoms with Crippen LogP contribution in [0.5, 0.6) is 0 Å². The Morgan fingerprint density at radius 2 is 2.13 bits per heavy atom. The molecule has 3 N–H and O–H groups in total. The number of hydrogen-bond acceptors (Lipinski definition) is 6. The van der Waals surface area contributed by atoms with Gasteiger partial charge in [0.2, 0.25) is 0 Å². The molecule has 1 aliphatic heterocycles. The molecule has 30 heavy (non-hydrogen) atoms. The molecule has 1 fully saturated rings. The van der Waals surface area contributed by atoms with Crippen LogP contribution in [0.4, 0.5) is 0 Å². The summed E-state index contributed by atoms with van der Waals surface area (Å²) < 4.78 is 17.1. The van der Waals surface area contributed by atoms with Crippen LogP contribution in [0.15, 0.2) is 42.6 Å². The van der Waals surface area contributed by atoms with E-state index in [4.69, 9.17) is 19.3 Å². The number of carboxylic acids is 1. The predicted octanol–water partition coefficient (Wildman–Crippen LogP) is 3.02. The van der Waals surface area contributed by atoms with Gasteiger partial charge in [-0.05, 0) is 32.8 Å². The number of aliphatic carboxylic acids is 1. The van der Waals surface area contributed by atoms with E-state index in [9.17, 15) is 14.7 Å². The van der Waals surface area contributed by atoms with Crippen molar-refractivity contribution in [1.29, 1.82) is 0 Å². The van der Waals surface area contributed by atoms with Crippen LogP contribution in [-0.4, -0.2) is 57.8 Å². The van der Waals surface area contributed by atoms with Gasteiger partial charge < -0.3 is 29.4 Å². The minimum atomic E-state index is -0.989. The molecule has 8 nitrogen and oxygen atoms in total. The Hall–Kier alpha value is -2.68. The van der Waals surface area contributed by atoms with Crippen molar-refractivity contribution in [3.8, 4) is 0 Å². The van der Waals surface area contributed by atoms with Crippen LogP contribution in [0, 0.1) is 0 Å². The van der Waals surface area contributed by atoms with Crippen LogP contribution in [0.3, 0.4) is 0 Å². The molecule has 2 aromatic rings. The summed E-state index contributed by atoms with van der Waals surface area (Å²) in [4.78, 5) is 26.2. The Labute approximate surface area is 174 Å². The summed E-state index contributed by atoms with van der Waals surface area (Å²) in [5, 5.41) is 19.8. The van der Waals surface area contributed by atoms with Gasteiger partial charge in [-0.1, -0.05) is 24.3 Å². The molecule has 1 aliphatic rings. The SMILES string of the molecule is CC(CCC=CC(=O)O)OC1OC(C)C(OC(=O)c2c[nH]c3ccccc23)CC1O. The van der Waals surface area contributed by atoms with Crippen molar-refractivity contribution in [3.05, 3.63) is 48.2 Å². The third-order valence-corrected chi connectivity index (χ3v) is 5.09. The molecule has 5 atom stereocenters. The van der Waals surface area contributed by atoms with E-state index in [2.05, 4.69) is 4.98 Å². The molecule has 0 bridgehead atoms. The molecule has 1 saturated heterocycles. The third kappa shape index (κ3) is 5.47. The summed E-state index contributed by atoms with van der Waals surface area (Å²) in [6, 6.07) is 7.45. The number of benzene rings is 1. The van der Waals surface area contributed by atoms with Gasteiger partial charge in [-0.15, -0.1) is 0 Å². The van der Waals surface area contributed by atoms with Crippen molar-refractivity contribution in [2.45, 2.75) is 63.8 Å². The van der Waals surface area contributed by atoms with E-state index in [1.54, 1.807) is 19.2 Å². The number of rotatable bonds is 8. The first-order valence-electron chi connectivity index (χ1n) is 10.0. The zero-order valence-electron chi connectivity index (χ0n) is 17.0. The summed E-state index contributed by atoms with van der Waals surface area (Å²) >= 11 is 0. The lowest BCUT2D eigenvalue weighted by molar-refractivity contribution is -0.273. The fourth-order valence-electron chi connectivity index (χ4n) is 3.45. The second-order valence-electron chi connectivity index (χ2n) is 7.47. The quantitative estimate of drug-likeness (QED) is 0.446. The second kappa shape index (κ2) is 9.88. The number of ether oxygens (including phenoxy) is 3. The molecule has 1 aromatic heterocycles. The van der Waals surface area contributed by atoms with Crippen molar-refractivity contribution in [3.63, 3.8) is 0 Å². The largest absolute Gasteiger partial charge is 0.478 e. The zero-order valence-corrected chi connectivity index (χ0v) is 17.0. The Morgan fingerprint density at radius 3 is 2.90 bits per heavy atom. The maximum Gasteiger partial charge on any atom is 0.340 e. The lowest BCUT2D eigenvalue weighted by Crippen LogP contribution is -2.49. The number of hydrogen-bond donors (Lipinski definition) is 3. The van der Waals surface area contributed by atoms with Gasteiger partial charge in [-0.2, -0.15) is 0 Å². The molecule has 1 aromatic carbocycles. The number of carbonyl (C=O) groups is 2. The highest BCUT2D eigenvalue weighted by atomic mass is 16.7. The number of aliphatic hydroxyl groups is 1. The first-order chi connectivity index (χ1) is 14.3.